The third-order valence-electron chi connectivity index (χ3n) is 5.48. The van der Waals surface area contributed by atoms with Gasteiger partial charge in [-0.05, 0) is 50.8 Å². The second-order valence-electron chi connectivity index (χ2n) is 7.70. The van der Waals surface area contributed by atoms with E-state index in [1.165, 1.54) is 6.20 Å². The number of hydrogen-bond acceptors (Lipinski definition) is 5. The van der Waals surface area contributed by atoms with Crippen LogP contribution in [-0.4, -0.2) is 51.5 Å². The number of para-hydroxylation sites is 1. The lowest BCUT2D eigenvalue weighted by Gasteiger charge is -2.18. The first-order valence-electron chi connectivity index (χ1n) is 10.4. The number of carbonyl (C=O) groups is 2. The van der Waals surface area contributed by atoms with Crippen molar-refractivity contribution in [3.8, 4) is 5.75 Å². The van der Waals surface area contributed by atoms with Crippen molar-refractivity contribution in [2.75, 3.05) is 20.2 Å². The van der Waals surface area contributed by atoms with Gasteiger partial charge in [-0.3, -0.25) is 9.59 Å². The molecule has 0 radical (unpaired) electrons. The van der Waals surface area contributed by atoms with E-state index in [0.29, 0.717) is 37.2 Å². The average Bonchev–Trinajstić information content (AvgIpc) is 3.16. The van der Waals surface area contributed by atoms with Crippen LogP contribution in [0.15, 0.2) is 30.5 Å². The van der Waals surface area contributed by atoms with E-state index in [9.17, 15) is 9.59 Å². The van der Waals surface area contributed by atoms with Crippen molar-refractivity contribution < 1.29 is 14.3 Å². The number of nitrogens with two attached hydrogens (primary N) is 1. The Labute approximate surface area is 182 Å². The normalized spacial score (nSPS) is 11.0. The summed E-state index contributed by atoms with van der Waals surface area (Å²) in [5.74, 6) is 0.383. The standard InChI is InChI=1S/C23H29N5O3/c1-15-8-5-6-9-20(15)31-13-7-12-27(4)21(29)11-10-18-16(2)26-23-19(22(24)30)14-25-28(23)17(18)3/h5-6,8-9,14H,7,10-13H2,1-4H3,(H2,24,30). The molecule has 0 unspecified atom stereocenters. The molecule has 0 bridgehead atoms. The molecule has 8 heteroatoms. The summed E-state index contributed by atoms with van der Waals surface area (Å²) < 4.78 is 7.41. The smallest absolute Gasteiger partial charge is 0.254 e. The van der Waals surface area contributed by atoms with Crippen molar-refractivity contribution in [2.24, 2.45) is 5.73 Å². The number of fused-ring (bicyclic) bond motifs is 1. The van der Waals surface area contributed by atoms with Crippen LogP contribution in [0.5, 0.6) is 5.75 Å². The van der Waals surface area contributed by atoms with Gasteiger partial charge in [-0.1, -0.05) is 18.2 Å². The van der Waals surface area contributed by atoms with Crippen LogP contribution < -0.4 is 10.5 Å². The number of rotatable bonds is 9. The summed E-state index contributed by atoms with van der Waals surface area (Å²) in [7, 11) is 1.81. The lowest BCUT2D eigenvalue weighted by Crippen LogP contribution is -2.29. The first-order valence-corrected chi connectivity index (χ1v) is 10.4. The third kappa shape index (κ3) is 5.02. The molecule has 0 atom stereocenters. The Kier molecular flexibility index (Phi) is 6.89. The fourth-order valence-corrected chi connectivity index (χ4v) is 3.60. The molecule has 0 aliphatic rings. The van der Waals surface area contributed by atoms with Crippen LogP contribution in [-0.2, 0) is 11.2 Å². The first kappa shape index (κ1) is 22.3. The van der Waals surface area contributed by atoms with Crippen LogP contribution in [0.1, 0.15) is 45.7 Å². The van der Waals surface area contributed by atoms with E-state index in [1.807, 2.05) is 52.1 Å². The highest BCUT2D eigenvalue weighted by Gasteiger charge is 2.18. The quantitative estimate of drug-likeness (QED) is 0.533. The van der Waals surface area contributed by atoms with E-state index in [-0.39, 0.29) is 5.91 Å². The topological polar surface area (TPSA) is 103 Å². The number of aromatic nitrogens is 3. The molecule has 2 aromatic heterocycles. The second-order valence-corrected chi connectivity index (χ2v) is 7.70. The summed E-state index contributed by atoms with van der Waals surface area (Å²) in [6.07, 6.45) is 3.10. The van der Waals surface area contributed by atoms with Gasteiger partial charge in [0.15, 0.2) is 5.65 Å². The van der Waals surface area contributed by atoms with Crippen LogP contribution in [0.3, 0.4) is 0 Å². The zero-order valence-corrected chi connectivity index (χ0v) is 18.5. The SMILES string of the molecule is Cc1ccccc1OCCCN(C)C(=O)CCc1c(C)nc2c(C(N)=O)cnn2c1C. The predicted molar refractivity (Wildman–Crippen MR) is 118 cm³/mol. The number of aryl methyl sites for hydroxylation is 3. The molecule has 3 aromatic rings. The maximum Gasteiger partial charge on any atom is 0.254 e. The summed E-state index contributed by atoms with van der Waals surface area (Å²) in [6, 6.07) is 7.89. The van der Waals surface area contributed by atoms with Crippen molar-refractivity contribution >= 4 is 17.5 Å². The second kappa shape index (κ2) is 9.59. The highest BCUT2D eigenvalue weighted by Crippen LogP contribution is 2.19. The van der Waals surface area contributed by atoms with Gasteiger partial charge in [0.2, 0.25) is 5.91 Å². The van der Waals surface area contributed by atoms with Gasteiger partial charge < -0.3 is 15.4 Å². The van der Waals surface area contributed by atoms with Gasteiger partial charge in [0.05, 0.1) is 12.8 Å². The van der Waals surface area contributed by atoms with Crippen LogP contribution >= 0.6 is 0 Å². The summed E-state index contributed by atoms with van der Waals surface area (Å²) in [6.45, 7) is 6.98. The van der Waals surface area contributed by atoms with Crippen LogP contribution in [0.2, 0.25) is 0 Å². The number of nitrogens with zero attached hydrogens (tertiary/aromatic N) is 4. The minimum Gasteiger partial charge on any atom is -0.493 e. The zero-order chi connectivity index (χ0) is 22.5. The van der Waals surface area contributed by atoms with Crippen molar-refractivity contribution in [3.05, 3.63) is 58.5 Å². The van der Waals surface area contributed by atoms with E-state index >= 15 is 0 Å². The largest absolute Gasteiger partial charge is 0.493 e. The predicted octanol–water partition coefficient (Wildman–Crippen LogP) is 2.61. The van der Waals surface area contributed by atoms with Gasteiger partial charge in [-0.25, -0.2) is 9.50 Å². The van der Waals surface area contributed by atoms with Crippen LogP contribution in [0.25, 0.3) is 5.65 Å². The van der Waals surface area contributed by atoms with Crippen LogP contribution in [0, 0.1) is 20.8 Å². The third-order valence-corrected chi connectivity index (χ3v) is 5.48. The lowest BCUT2D eigenvalue weighted by molar-refractivity contribution is -0.129. The molecule has 0 aliphatic heterocycles. The minimum absolute atomic E-state index is 0.0630. The van der Waals surface area contributed by atoms with E-state index in [4.69, 9.17) is 10.5 Å². The molecule has 0 saturated carbocycles. The number of ether oxygens (including phenoxy) is 1. The monoisotopic (exact) mass is 423 g/mol. The Morgan fingerprint density at radius 2 is 1.94 bits per heavy atom. The summed E-state index contributed by atoms with van der Waals surface area (Å²) in [5.41, 5.74) is 9.82. The zero-order valence-electron chi connectivity index (χ0n) is 18.5. The molecule has 0 saturated heterocycles. The molecule has 3 rings (SSSR count). The average molecular weight is 424 g/mol. The van der Waals surface area contributed by atoms with E-state index in [2.05, 4.69) is 10.1 Å². The highest BCUT2D eigenvalue weighted by molar-refractivity contribution is 5.98. The van der Waals surface area contributed by atoms with Crippen molar-refractivity contribution in [2.45, 2.75) is 40.0 Å². The van der Waals surface area contributed by atoms with Gasteiger partial charge >= 0.3 is 0 Å². The molecule has 0 fully saturated rings. The molecular weight excluding hydrogens is 394 g/mol. The Balaban J connectivity index is 1.54. The molecule has 31 heavy (non-hydrogen) atoms. The Bertz CT molecular complexity index is 1110. The van der Waals surface area contributed by atoms with Gasteiger partial charge in [0, 0.05) is 31.4 Å². The molecule has 0 spiro atoms. The van der Waals surface area contributed by atoms with Crippen molar-refractivity contribution in [1.29, 1.82) is 0 Å². The molecule has 1 aromatic carbocycles. The molecule has 2 amide bonds. The van der Waals surface area contributed by atoms with Crippen LogP contribution in [0.4, 0.5) is 0 Å². The van der Waals surface area contributed by atoms with Crippen molar-refractivity contribution in [3.63, 3.8) is 0 Å². The lowest BCUT2D eigenvalue weighted by atomic mass is 10.1. The number of benzene rings is 1. The number of hydrogen-bond donors (Lipinski definition) is 1. The number of amides is 2. The van der Waals surface area contributed by atoms with Gasteiger partial charge in [0.25, 0.3) is 5.91 Å². The fraction of sp³-hybridized carbons (Fsp3) is 0.391. The maximum absolute atomic E-state index is 12.6. The number of carbonyl (C=O) groups excluding carboxylic acids is 2. The van der Waals surface area contributed by atoms with E-state index in [1.54, 1.807) is 9.42 Å². The molecule has 2 heterocycles. The summed E-state index contributed by atoms with van der Waals surface area (Å²) >= 11 is 0. The number of primary amides is 1. The fourth-order valence-electron chi connectivity index (χ4n) is 3.60. The van der Waals surface area contributed by atoms with Gasteiger partial charge in [-0.2, -0.15) is 5.10 Å². The highest BCUT2D eigenvalue weighted by atomic mass is 16.5. The molecule has 8 nitrogen and oxygen atoms in total. The Hall–Kier alpha value is -3.42. The van der Waals surface area contributed by atoms with E-state index < -0.39 is 5.91 Å². The first-order chi connectivity index (χ1) is 14.8. The summed E-state index contributed by atoms with van der Waals surface area (Å²) in [5, 5.41) is 4.23. The van der Waals surface area contributed by atoms with Crippen molar-refractivity contribution in [1.82, 2.24) is 19.5 Å². The molecule has 2 N–H and O–H groups in total. The Morgan fingerprint density at radius 3 is 2.65 bits per heavy atom. The molecular formula is C23H29N5O3. The Morgan fingerprint density at radius 1 is 1.19 bits per heavy atom. The minimum atomic E-state index is -0.558. The molecule has 164 valence electrons. The van der Waals surface area contributed by atoms with Gasteiger partial charge in [-0.15, -0.1) is 0 Å². The molecule has 0 aliphatic carbocycles. The maximum atomic E-state index is 12.6. The van der Waals surface area contributed by atoms with Gasteiger partial charge in [0.1, 0.15) is 11.3 Å². The van der Waals surface area contributed by atoms with E-state index in [0.717, 1.165) is 34.7 Å². The summed E-state index contributed by atoms with van der Waals surface area (Å²) in [4.78, 5) is 30.4.